The Bertz CT molecular complexity index is 622. The molecule has 0 saturated carbocycles. The minimum absolute atomic E-state index is 0.187. The second kappa shape index (κ2) is 6.91. The lowest BCUT2D eigenvalue weighted by atomic mass is 10.2. The first-order valence-electron chi connectivity index (χ1n) is 6.01. The Morgan fingerprint density at radius 2 is 2.20 bits per heavy atom. The Balaban J connectivity index is 2.01. The molecular weight excluding hydrogens is 324 g/mol. The Morgan fingerprint density at radius 1 is 1.40 bits per heavy atom. The number of amides is 1. The van der Waals surface area contributed by atoms with Gasteiger partial charge in [0.15, 0.2) is 10.4 Å². The van der Waals surface area contributed by atoms with Crippen molar-refractivity contribution in [2.24, 2.45) is 5.10 Å². The summed E-state index contributed by atoms with van der Waals surface area (Å²) in [5.74, 6) is 0.488. The van der Waals surface area contributed by atoms with E-state index in [-0.39, 0.29) is 5.76 Å². The number of hydrogen-bond donors (Lipinski definition) is 1. The molecule has 1 N–H and O–H groups in total. The van der Waals surface area contributed by atoms with Crippen LogP contribution in [0.2, 0.25) is 0 Å². The maximum Gasteiger partial charge on any atom is 0.307 e. The fourth-order valence-corrected chi connectivity index (χ4v) is 1.83. The van der Waals surface area contributed by atoms with Gasteiger partial charge in [-0.25, -0.2) is 5.43 Å². The van der Waals surface area contributed by atoms with E-state index in [1.54, 1.807) is 12.1 Å². The maximum absolute atomic E-state index is 11.7. The highest BCUT2D eigenvalue weighted by Gasteiger charge is 2.08. The van der Waals surface area contributed by atoms with E-state index in [9.17, 15) is 4.79 Å². The minimum atomic E-state index is -0.416. The van der Waals surface area contributed by atoms with Crippen LogP contribution in [0.5, 0.6) is 5.75 Å². The van der Waals surface area contributed by atoms with Crippen LogP contribution in [0, 0.1) is 0 Å². The molecule has 2 aromatic rings. The number of rotatable bonds is 5. The first kappa shape index (κ1) is 14.3. The van der Waals surface area contributed by atoms with Crippen LogP contribution in [0.25, 0.3) is 0 Å². The molecule has 0 unspecified atom stereocenters. The van der Waals surface area contributed by atoms with E-state index in [4.69, 9.17) is 9.15 Å². The lowest BCUT2D eigenvalue weighted by Crippen LogP contribution is -2.16. The summed E-state index contributed by atoms with van der Waals surface area (Å²) in [5.41, 5.74) is 3.18. The molecule has 0 radical (unpaired) electrons. The average Bonchev–Trinajstić information content (AvgIpc) is 2.88. The molecule has 6 heteroatoms. The number of carbonyl (C=O) groups is 1. The van der Waals surface area contributed by atoms with E-state index in [0.29, 0.717) is 17.0 Å². The van der Waals surface area contributed by atoms with Crippen molar-refractivity contribution in [3.05, 3.63) is 52.4 Å². The van der Waals surface area contributed by atoms with Crippen LogP contribution >= 0.6 is 15.9 Å². The zero-order chi connectivity index (χ0) is 14.4. The molecule has 0 spiro atoms. The Kier molecular flexibility index (Phi) is 4.95. The van der Waals surface area contributed by atoms with Crippen molar-refractivity contribution in [1.29, 1.82) is 0 Å². The monoisotopic (exact) mass is 336 g/mol. The molecule has 1 heterocycles. The lowest BCUT2D eigenvalue weighted by molar-refractivity contribution is 0.0926. The van der Waals surface area contributed by atoms with E-state index in [1.165, 1.54) is 6.21 Å². The summed E-state index contributed by atoms with van der Waals surface area (Å²) in [6, 6.07) is 10.6. The molecule has 0 aliphatic heterocycles. The van der Waals surface area contributed by atoms with Gasteiger partial charge >= 0.3 is 5.91 Å². The number of hydrazone groups is 1. The predicted octanol–water partition coefficient (Wildman–Crippen LogP) is 3.20. The summed E-state index contributed by atoms with van der Waals surface area (Å²) < 4.78 is 11.1. The van der Waals surface area contributed by atoms with Crippen LogP contribution in [-0.4, -0.2) is 18.7 Å². The average molecular weight is 337 g/mol. The summed E-state index contributed by atoms with van der Waals surface area (Å²) in [6.45, 7) is 2.47. The van der Waals surface area contributed by atoms with Gasteiger partial charge in [0.2, 0.25) is 0 Å². The van der Waals surface area contributed by atoms with E-state index in [2.05, 4.69) is 26.5 Å². The van der Waals surface area contributed by atoms with Gasteiger partial charge in [0.25, 0.3) is 0 Å². The molecule has 0 aliphatic carbocycles. The molecule has 0 atom stereocenters. The second-order valence-corrected chi connectivity index (χ2v) is 4.56. The molecule has 2 rings (SSSR count). The number of para-hydroxylation sites is 1. The van der Waals surface area contributed by atoms with Gasteiger partial charge in [-0.3, -0.25) is 4.79 Å². The zero-order valence-corrected chi connectivity index (χ0v) is 12.4. The molecular formula is C14H13BrN2O3. The molecule has 0 saturated heterocycles. The number of furan rings is 1. The third-order valence-electron chi connectivity index (χ3n) is 2.39. The number of nitrogens with one attached hydrogen (secondary N) is 1. The Morgan fingerprint density at radius 3 is 2.90 bits per heavy atom. The van der Waals surface area contributed by atoms with Gasteiger partial charge in [0.05, 0.1) is 12.8 Å². The van der Waals surface area contributed by atoms with E-state index < -0.39 is 5.91 Å². The number of carbonyl (C=O) groups excluding carboxylic acids is 1. The molecule has 104 valence electrons. The van der Waals surface area contributed by atoms with Crippen molar-refractivity contribution in [3.63, 3.8) is 0 Å². The van der Waals surface area contributed by atoms with Gasteiger partial charge < -0.3 is 9.15 Å². The molecule has 20 heavy (non-hydrogen) atoms. The summed E-state index contributed by atoms with van der Waals surface area (Å²) >= 11 is 3.13. The summed E-state index contributed by atoms with van der Waals surface area (Å²) in [4.78, 5) is 11.7. The fraction of sp³-hybridized carbons (Fsp3) is 0.143. The topological polar surface area (TPSA) is 63.8 Å². The normalized spacial score (nSPS) is 10.7. The van der Waals surface area contributed by atoms with E-state index in [0.717, 1.165) is 5.56 Å². The first-order chi connectivity index (χ1) is 9.70. The van der Waals surface area contributed by atoms with Crippen molar-refractivity contribution >= 4 is 28.1 Å². The molecule has 0 aliphatic rings. The highest BCUT2D eigenvalue weighted by molar-refractivity contribution is 9.10. The molecule has 1 amide bonds. The van der Waals surface area contributed by atoms with Crippen molar-refractivity contribution < 1.29 is 13.9 Å². The number of halogens is 1. The van der Waals surface area contributed by atoms with Crippen molar-refractivity contribution in [1.82, 2.24) is 5.43 Å². The third-order valence-corrected chi connectivity index (χ3v) is 2.81. The zero-order valence-electron chi connectivity index (χ0n) is 10.8. The lowest BCUT2D eigenvalue weighted by Gasteiger charge is -2.05. The number of nitrogens with zero attached hydrogens (tertiary/aromatic N) is 1. The van der Waals surface area contributed by atoms with Crippen LogP contribution in [0.3, 0.4) is 0 Å². The predicted molar refractivity (Wildman–Crippen MR) is 79.1 cm³/mol. The minimum Gasteiger partial charge on any atom is -0.493 e. The SMILES string of the molecule is CCOc1ccccc1/C=N\NC(=O)c1ccc(Br)o1. The van der Waals surface area contributed by atoms with Crippen LogP contribution in [0.1, 0.15) is 23.0 Å². The van der Waals surface area contributed by atoms with Crippen LogP contribution in [-0.2, 0) is 0 Å². The highest BCUT2D eigenvalue weighted by Crippen LogP contribution is 2.16. The van der Waals surface area contributed by atoms with Gasteiger partial charge in [-0.1, -0.05) is 12.1 Å². The summed E-state index contributed by atoms with van der Waals surface area (Å²) in [5, 5.41) is 3.89. The van der Waals surface area contributed by atoms with Crippen molar-refractivity contribution in [2.75, 3.05) is 6.61 Å². The van der Waals surface area contributed by atoms with Crippen molar-refractivity contribution in [3.8, 4) is 5.75 Å². The van der Waals surface area contributed by atoms with E-state index >= 15 is 0 Å². The fourth-order valence-electron chi connectivity index (χ4n) is 1.53. The Hall–Kier alpha value is -2.08. The largest absolute Gasteiger partial charge is 0.493 e. The maximum atomic E-state index is 11.7. The van der Waals surface area contributed by atoms with Crippen LogP contribution in [0.4, 0.5) is 0 Å². The van der Waals surface area contributed by atoms with Crippen LogP contribution in [0.15, 0.2) is 50.6 Å². The second-order valence-electron chi connectivity index (χ2n) is 3.77. The third kappa shape index (κ3) is 3.71. The highest BCUT2D eigenvalue weighted by atomic mass is 79.9. The van der Waals surface area contributed by atoms with Gasteiger partial charge in [0, 0.05) is 5.56 Å². The number of hydrogen-bond acceptors (Lipinski definition) is 4. The van der Waals surface area contributed by atoms with Gasteiger partial charge in [-0.15, -0.1) is 0 Å². The number of benzene rings is 1. The van der Waals surface area contributed by atoms with Gasteiger partial charge in [-0.05, 0) is 47.1 Å². The van der Waals surface area contributed by atoms with Gasteiger partial charge in [-0.2, -0.15) is 5.10 Å². The molecule has 0 bridgehead atoms. The standard InChI is InChI=1S/C14H13BrN2O3/c1-2-19-11-6-4-3-5-10(11)9-16-17-14(18)12-7-8-13(15)20-12/h3-9H,2H2,1H3,(H,17,18)/b16-9-. The first-order valence-corrected chi connectivity index (χ1v) is 6.80. The van der Waals surface area contributed by atoms with Gasteiger partial charge in [0.1, 0.15) is 5.75 Å². The summed E-state index contributed by atoms with van der Waals surface area (Å²) in [6.07, 6.45) is 1.53. The molecule has 5 nitrogen and oxygen atoms in total. The van der Waals surface area contributed by atoms with E-state index in [1.807, 2.05) is 31.2 Å². The number of ether oxygens (including phenoxy) is 1. The summed E-state index contributed by atoms with van der Waals surface area (Å²) in [7, 11) is 0. The molecule has 1 aromatic carbocycles. The molecule has 1 aromatic heterocycles. The Labute approximate surface area is 124 Å². The quantitative estimate of drug-likeness (QED) is 0.673. The smallest absolute Gasteiger partial charge is 0.307 e. The molecule has 0 fully saturated rings. The van der Waals surface area contributed by atoms with Crippen molar-refractivity contribution in [2.45, 2.75) is 6.92 Å². The van der Waals surface area contributed by atoms with Crippen LogP contribution < -0.4 is 10.2 Å².